The van der Waals surface area contributed by atoms with Crippen LogP contribution in [0.4, 0.5) is 0 Å². The van der Waals surface area contributed by atoms with Crippen LogP contribution in [0.25, 0.3) is 0 Å². The maximum absolute atomic E-state index is 15.0. The number of ketones is 1. The molecule has 0 bridgehead atoms. The van der Waals surface area contributed by atoms with Gasteiger partial charge in [-0.2, -0.15) is 22.7 Å². The first kappa shape index (κ1) is 32.1. The Morgan fingerprint density at radius 3 is 1.37 bits per heavy atom. The van der Waals surface area contributed by atoms with Gasteiger partial charge in [-0.25, -0.2) is 0 Å². The van der Waals surface area contributed by atoms with Gasteiger partial charge in [0.1, 0.15) is 0 Å². The average Bonchev–Trinajstić information content (AvgIpc) is 3.85. The number of thiophene rings is 2. The minimum atomic E-state index is -0.657. The minimum absolute atomic E-state index is 0.0449. The Hall–Kier alpha value is -3.85. The van der Waals surface area contributed by atoms with E-state index in [1.165, 1.54) is 0 Å². The molecule has 4 unspecified atom stereocenters. The molecule has 2 aliphatic heterocycles. The molecule has 6 rings (SSSR count). The van der Waals surface area contributed by atoms with Crippen molar-refractivity contribution < 1.29 is 14.4 Å². The second kappa shape index (κ2) is 14.7. The Bertz CT molecular complexity index is 1460. The number of nitrogens with zero attached hydrogens (tertiary/aromatic N) is 6. The molecule has 0 saturated carbocycles. The van der Waals surface area contributed by atoms with E-state index in [0.717, 1.165) is 11.1 Å². The summed E-state index contributed by atoms with van der Waals surface area (Å²) >= 11 is 3.09. The van der Waals surface area contributed by atoms with Crippen LogP contribution in [-0.2, 0) is 4.79 Å². The molecular formula is C33H38N8O3S2. The Morgan fingerprint density at radius 2 is 1.04 bits per heavy atom. The van der Waals surface area contributed by atoms with Gasteiger partial charge in [0.2, 0.25) is 0 Å². The fraction of sp³-hybridized carbons (Fsp3) is 0.364. The molecule has 4 aromatic rings. The molecular weight excluding hydrogens is 621 g/mol. The predicted octanol–water partition coefficient (Wildman–Crippen LogP) is 2.52. The number of piperazine rings is 2. The quantitative estimate of drug-likeness (QED) is 0.263. The summed E-state index contributed by atoms with van der Waals surface area (Å²) in [5.74, 6) is -0.195. The van der Waals surface area contributed by atoms with Crippen molar-refractivity contribution in [3.8, 4) is 0 Å². The highest BCUT2D eigenvalue weighted by molar-refractivity contribution is 7.08. The van der Waals surface area contributed by atoms with Crippen LogP contribution in [-0.4, -0.2) is 112 Å². The standard InChI is InChI=1S/C33H38N8O3S2/c34-27(25-5-17-45-21-25)29(38-9-13-40(14-10-38)32(43)23-3-1-7-36-19-23)31(42)30(28(35)26-6-18-46-22-26)39-11-15-41(16-12-39)33(44)24-4-2-8-37-20-24/h1-8,17-22,27-30H,9-16,34-35H2. The number of carbonyl (C=O) groups excluding carboxylic acids is 3. The fourth-order valence-corrected chi connectivity index (χ4v) is 7.80. The molecule has 0 aromatic carbocycles. The van der Waals surface area contributed by atoms with E-state index in [1.807, 2.05) is 33.7 Å². The van der Waals surface area contributed by atoms with Crippen LogP contribution in [0.15, 0.2) is 82.7 Å². The molecule has 11 nitrogen and oxygen atoms in total. The molecule has 0 radical (unpaired) electrons. The highest BCUT2D eigenvalue weighted by Crippen LogP contribution is 2.30. The number of hydrogen-bond acceptors (Lipinski definition) is 11. The first-order valence-electron chi connectivity index (χ1n) is 15.4. The smallest absolute Gasteiger partial charge is 0.255 e. The lowest BCUT2D eigenvalue weighted by Gasteiger charge is -2.45. The second-order valence-corrected chi connectivity index (χ2v) is 13.2. The molecule has 4 atom stereocenters. The predicted molar refractivity (Wildman–Crippen MR) is 179 cm³/mol. The van der Waals surface area contributed by atoms with E-state index < -0.39 is 24.2 Å². The number of hydrogen-bond donors (Lipinski definition) is 2. The van der Waals surface area contributed by atoms with Crippen molar-refractivity contribution in [2.24, 2.45) is 11.5 Å². The molecule has 13 heteroatoms. The van der Waals surface area contributed by atoms with E-state index >= 15 is 0 Å². The lowest BCUT2D eigenvalue weighted by atomic mass is 9.87. The highest BCUT2D eigenvalue weighted by atomic mass is 32.1. The molecule has 0 spiro atoms. The van der Waals surface area contributed by atoms with Crippen molar-refractivity contribution in [3.05, 3.63) is 105 Å². The molecule has 46 heavy (non-hydrogen) atoms. The lowest BCUT2D eigenvalue weighted by molar-refractivity contribution is -0.132. The Morgan fingerprint density at radius 1 is 0.630 bits per heavy atom. The normalized spacial score (nSPS) is 18.9. The number of pyridine rings is 2. The van der Waals surface area contributed by atoms with E-state index in [4.69, 9.17) is 11.5 Å². The van der Waals surface area contributed by atoms with Crippen molar-refractivity contribution in [3.63, 3.8) is 0 Å². The molecule has 2 aliphatic rings. The molecule has 2 saturated heterocycles. The third kappa shape index (κ3) is 6.94. The maximum atomic E-state index is 15.0. The van der Waals surface area contributed by atoms with Gasteiger partial charge in [-0.05, 0) is 69.0 Å². The number of nitrogens with two attached hydrogens (primary N) is 2. The number of aromatic nitrogens is 2. The third-order valence-corrected chi connectivity index (χ3v) is 10.3. The Balaban J connectivity index is 1.24. The number of rotatable bonds is 10. The van der Waals surface area contributed by atoms with Crippen LogP contribution in [0.3, 0.4) is 0 Å². The largest absolute Gasteiger partial charge is 0.336 e. The van der Waals surface area contributed by atoms with Crippen molar-refractivity contribution in [2.75, 3.05) is 52.4 Å². The van der Waals surface area contributed by atoms with Crippen molar-refractivity contribution >= 4 is 40.3 Å². The number of Topliss-reactive ketones (excluding diaryl/α,β-unsaturated/α-hetero) is 1. The zero-order valence-corrected chi connectivity index (χ0v) is 27.1. The average molecular weight is 659 g/mol. The van der Waals surface area contributed by atoms with Gasteiger partial charge in [-0.15, -0.1) is 0 Å². The molecule has 0 aliphatic carbocycles. The van der Waals surface area contributed by atoms with Crippen molar-refractivity contribution in [1.82, 2.24) is 29.6 Å². The van der Waals surface area contributed by atoms with Crippen molar-refractivity contribution in [1.29, 1.82) is 0 Å². The summed E-state index contributed by atoms with van der Waals surface area (Å²) in [5.41, 5.74) is 16.8. The van der Waals surface area contributed by atoms with E-state index in [0.29, 0.717) is 63.5 Å². The highest BCUT2D eigenvalue weighted by Gasteiger charge is 2.44. The van der Waals surface area contributed by atoms with E-state index in [9.17, 15) is 14.4 Å². The SMILES string of the molecule is NC(c1ccsc1)C(C(=O)C(C(N)c1ccsc1)N1CCN(C(=O)c2cccnc2)CC1)N1CCN(C(=O)c2cccnc2)CC1. The first-order chi connectivity index (χ1) is 22.4. The summed E-state index contributed by atoms with van der Waals surface area (Å²) in [4.78, 5) is 57.3. The van der Waals surface area contributed by atoms with E-state index in [2.05, 4.69) is 19.8 Å². The zero-order chi connectivity index (χ0) is 32.0. The molecule has 4 N–H and O–H groups in total. The van der Waals surface area contributed by atoms with Gasteiger partial charge in [-0.3, -0.25) is 34.2 Å². The van der Waals surface area contributed by atoms with E-state index in [1.54, 1.807) is 81.5 Å². The Labute approximate surface area is 276 Å². The van der Waals surface area contributed by atoms with Crippen molar-refractivity contribution in [2.45, 2.75) is 24.2 Å². The maximum Gasteiger partial charge on any atom is 0.255 e. The van der Waals surface area contributed by atoms with Gasteiger partial charge in [-0.1, -0.05) is 0 Å². The van der Waals surface area contributed by atoms with E-state index in [-0.39, 0.29) is 17.6 Å². The topological polar surface area (TPSA) is 142 Å². The van der Waals surface area contributed by atoms with Gasteiger partial charge >= 0.3 is 0 Å². The monoisotopic (exact) mass is 658 g/mol. The first-order valence-corrected chi connectivity index (χ1v) is 17.3. The summed E-state index contributed by atoms with van der Waals surface area (Å²) in [6.07, 6.45) is 6.45. The van der Waals surface area contributed by atoms with Gasteiger partial charge in [0.15, 0.2) is 5.78 Å². The van der Waals surface area contributed by atoms with Crippen LogP contribution >= 0.6 is 22.7 Å². The lowest BCUT2D eigenvalue weighted by Crippen LogP contribution is -2.63. The van der Waals surface area contributed by atoms with Crippen LogP contribution in [0.2, 0.25) is 0 Å². The van der Waals surface area contributed by atoms with Gasteiger partial charge in [0.05, 0.1) is 35.3 Å². The molecule has 6 heterocycles. The van der Waals surface area contributed by atoms with Gasteiger partial charge < -0.3 is 21.3 Å². The summed E-state index contributed by atoms with van der Waals surface area (Å²) in [6, 6.07) is 8.50. The molecule has 240 valence electrons. The van der Waals surface area contributed by atoms with Crippen LogP contribution in [0.1, 0.15) is 43.9 Å². The summed E-state index contributed by atoms with van der Waals surface area (Å²) < 4.78 is 0. The second-order valence-electron chi connectivity index (χ2n) is 11.6. The molecule has 4 aromatic heterocycles. The van der Waals surface area contributed by atoms with Crippen LogP contribution in [0.5, 0.6) is 0 Å². The van der Waals surface area contributed by atoms with Crippen LogP contribution in [0, 0.1) is 0 Å². The molecule has 2 amide bonds. The summed E-state index contributed by atoms with van der Waals surface area (Å²) in [7, 11) is 0. The number of carbonyl (C=O) groups is 3. The summed E-state index contributed by atoms with van der Waals surface area (Å²) in [6.45, 7) is 3.83. The zero-order valence-electron chi connectivity index (χ0n) is 25.4. The fourth-order valence-electron chi connectivity index (χ4n) is 6.39. The summed E-state index contributed by atoms with van der Waals surface area (Å²) in [5, 5.41) is 7.91. The molecule has 2 fully saturated rings. The minimum Gasteiger partial charge on any atom is -0.336 e. The third-order valence-electron chi connectivity index (χ3n) is 8.93. The van der Waals surface area contributed by atoms with Crippen LogP contribution < -0.4 is 11.5 Å². The van der Waals surface area contributed by atoms with Gasteiger partial charge in [0, 0.05) is 77.1 Å². The number of amides is 2. The Kier molecular flexibility index (Phi) is 10.3. The van der Waals surface area contributed by atoms with Gasteiger partial charge in [0.25, 0.3) is 11.8 Å².